The van der Waals surface area contributed by atoms with Crippen LogP contribution in [0.5, 0.6) is 0 Å². The highest BCUT2D eigenvalue weighted by Gasteiger charge is 1.86. The first-order chi connectivity index (χ1) is 4.20. The predicted molar refractivity (Wildman–Crippen MR) is 30.0 cm³/mol. The second-order valence-electron chi connectivity index (χ2n) is 1.80. The first kappa shape index (κ1) is 5.81. The summed E-state index contributed by atoms with van der Waals surface area (Å²) in [6.07, 6.45) is 2.95. The molecule has 0 aliphatic heterocycles. The molecule has 0 aliphatic rings. The fraction of sp³-hybridized carbons (Fsp3) is 0.200. The van der Waals surface area contributed by atoms with Crippen molar-refractivity contribution in [1.29, 1.82) is 5.41 Å². The van der Waals surface area contributed by atoms with Gasteiger partial charge in [-0.3, -0.25) is 5.41 Å². The number of hydrogen-bond acceptors (Lipinski definition) is 3. The van der Waals surface area contributed by atoms with Crippen molar-refractivity contribution in [3.05, 3.63) is 23.6 Å². The maximum absolute atomic E-state index is 8.77. The van der Waals surface area contributed by atoms with Gasteiger partial charge in [-0.05, 0) is 12.5 Å². The first-order valence-corrected chi connectivity index (χ1v) is 2.49. The van der Waals surface area contributed by atoms with Crippen LogP contribution in [-0.2, 0) is 0 Å². The van der Waals surface area contributed by atoms with Crippen LogP contribution in [0.3, 0.4) is 0 Å². The molecule has 1 aromatic heterocycles. The zero-order valence-corrected chi connectivity index (χ0v) is 5.00. The van der Waals surface area contributed by atoms with Crippen LogP contribution in [0.15, 0.2) is 12.4 Å². The van der Waals surface area contributed by atoms with Crippen LogP contribution in [0.25, 0.3) is 0 Å². The Balaban J connectivity index is 3.34. The highest BCUT2D eigenvalue weighted by atomic mass is 16.5. The topological polar surface area (TPSA) is 61.9 Å². The second-order valence-corrected chi connectivity index (χ2v) is 1.80. The van der Waals surface area contributed by atoms with E-state index in [9.17, 15) is 0 Å². The highest BCUT2D eigenvalue weighted by molar-refractivity contribution is 4.97. The van der Waals surface area contributed by atoms with E-state index in [0.717, 1.165) is 5.56 Å². The van der Waals surface area contributed by atoms with Gasteiger partial charge in [0.1, 0.15) is 0 Å². The van der Waals surface area contributed by atoms with Crippen LogP contribution in [-0.4, -0.2) is 14.9 Å². The van der Waals surface area contributed by atoms with E-state index in [1.165, 1.54) is 12.4 Å². The SMILES string of the molecule is Cc1cnc(=N)n(O)c1. The Kier molecular flexibility index (Phi) is 1.22. The van der Waals surface area contributed by atoms with Crippen LogP contribution in [0, 0.1) is 12.3 Å². The Labute approximate surface area is 51.9 Å². The molecule has 9 heavy (non-hydrogen) atoms. The Morgan fingerprint density at radius 3 is 2.89 bits per heavy atom. The molecule has 4 nitrogen and oxygen atoms in total. The van der Waals surface area contributed by atoms with Crippen molar-refractivity contribution < 1.29 is 5.21 Å². The molecule has 0 saturated carbocycles. The summed E-state index contributed by atoms with van der Waals surface area (Å²) in [7, 11) is 0. The molecule has 0 aliphatic carbocycles. The van der Waals surface area contributed by atoms with Gasteiger partial charge in [0, 0.05) is 6.20 Å². The van der Waals surface area contributed by atoms with Gasteiger partial charge in [-0.2, -0.15) is 4.73 Å². The largest absolute Gasteiger partial charge is 0.425 e. The summed E-state index contributed by atoms with van der Waals surface area (Å²) in [6.45, 7) is 1.79. The second kappa shape index (κ2) is 1.89. The molecule has 1 aromatic rings. The van der Waals surface area contributed by atoms with Crippen molar-refractivity contribution >= 4 is 0 Å². The Hall–Kier alpha value is -1.32. The standard InChI is InChI=1S/C5H7N3O/c1-4-2-7-5(6)8(9)3-4/h2-3,6,9H,1H3. The quantitative estimate of drug-likeness (QED) is 0.476. The molecular weight excluding hydrogens is 118 g/mol. The van der Waals surface area contributed by atoms with Gasteiger partial charge in [-0.1, -0.05) is 0 Å². The summed E-state index contributed by atoms with van der Waals surface area (Å²) in [5, 5.41) is 15.7. The smallest absolute Gasteiger partial charge is 0.255 e. The molecule has 4 heteroatoms. The van der Waals surface area contributed by atoms with Crippen LogP contribution < -0.4 is 5.62 Å². The van der Waals surface area contributed by atoms with Crippen LogP contribution in [0.2, 0.25) is 0 Å². The number of hydrogen-bond donors (Lipinski definition) is 2. The van der Waals surface area contributed by atoms with Gasteiger partial charge in [0.25, 0.3) is 5.62 Å². The van der Waals surface area contributed by atoms with Gasteiger partial charge >= 0.3 is 0 Å². The molecule has 0 atom stereocenters. The Morgan fingerprint density at radius 2 is 2.44 bits per heavy atom. The monoisotopic (exact) mass is 125 g/mol. The normalized spacial score (nSPS) is 9.44. The summed E-state index contributed by atoms with van der Waals surface area (Å²) in [6, 6.07) is 0. The molecule has 0 unspecified atom stereocenters. The third kappa shape index (κ3) is 1.07. The van der Waals surface area contributed by atoms with E-state index in [4.69, 9.17) is 10.6 Å². The maximum atomic E-state index is 8.77. The molecule has 0 aromatic carbocycles. The van der Waals surface area contributed by atoms with Gasteiger partial charge in [-0.15, -0.1) is 0 Å². The minimum atomic E-state index is -0.152. The predicted octanol–water partition coefficient (Wildman–Crippen LogP) is -0.0917. The third-order valence-corrected chi connectivity index (χ3v) is 0.933. The van der Waals surface area contributed by atoms with Crippen LogP contribution in [0.4, 0.5) is 0 Å². The van der Waals surface area contributed by atoms with Crippen molar-refractivity contribution in [3.8, 4) is 0 Å². The number of aromatic nitrogens is 2. The molecule has 1 heterocycles. The van der Waals surface area contributed by atoms with Crippen molar-refractivity contribution in [2.75, 3.05) is 0 Å². The van der Waals surface area contributed by atoms with E-state index in [1.807, 2.05) is 0 Å². The van der Waals surface area contributed by atoms with Gasteiger partial charge in [0.05, 0.1) is 6.20 Å². The minimum Gasteiger partial charge on any atom is -0.425 e. The average molecular weight is 125 g/mol. The Bertz CT molecular complexity index is 265. The zero-order chi connectivity index (χ0) is 6.85. The lowest BCUT2D eigenvalue weighted by Gasteiger charge is -1.94. The fourth-order valence-corrected chi connectivity index (χ4v) is 0.509. The van der Waals surface area contributed by atoms with Crippen molar-refractivity contribution in [2.24, 2.45) is 0 Å². The zero-order valence-electron chi connectivity index (χ0n) is 5.00. The molecule has 2 N–H and O–H groups in total. The van der Waals surface area contributed by atoms with E-state index >= 15 is 0 Å². The van der Waals surface area contributed by atoms with Crippen LogP contribution in [0.1, 0.15) is 5.56 Å². The third-order valence-electron chi connectivity index (χ3n) is 0.933. The highest BCUT2D eigenvalue weighted by Crippen LogP contribution is 1.84. The summed E-state index contributed by atoms with van der Waals surface area (Å²) >= 11 is 0. The number of aryl methyl sites for hydroxylation is 1. The number of rotatable bonds is 0. The molecule has 48 valence electrons. The summed E-state index contributed by atoms with van der Waals surface area (Å²) < 4.78 is 0.676. The fourth-order valence-electron chi connectivity index (χ4n) is 0.509. The van der Waals surface area contributed by atoms with E-state index in [-0.39, 0.29) is 5.62 Å². The maximum Gasteiger partial charge on any atom is 0.255 e. The summed E-state index contributed by atoms with van der Waals surface area (Å²) in [4.78, 5) is 3.56. The van der Waals surface area contributed by atoms with Crippen molar-refractivity contribution in [3.63, 3.8) is 0 Å². The van der Waals surface area contributed by atoms with Gasteiger partial charge < -0.3 is 5.21 Å². The molecule has 0 radical (unpaired) electrons. The number of nitrogens with one attached hydrogen (secondary N) is 1. The van der Waals surface area contributed by atoms with E-state index in [1.54, 1.807) is 6.92 Å². The minimum absolute atomic E-state index is 0.152. The van der Waals surface area contributed by atoms with E-state index in [0.29, 0.717) is 4.73 Å². The summed E-state index contributed by atoms with van der Waals surface area (Å²) in [5.74, 6) is 0. The molecule has 0 bridgehead atoms. The van der Waals surface area contributed by atoms with Gasteiger partial charge in [0.15, 0.2) is 0 Å². The molecule has 0 fully saturated rings. The van der Waals surface area contributed by atoms with Crippen molar-refractivity contribution in [1.82, 2.24) is 9.71 Å². The van der Waals surface area contributed by atoms with Gasteiger partial charge in [-0.25, -0.2) is 4.98 Å². The summed E-state index contributed by atoms with van der Waals surface area (Å²) in [5.41, 5.74) is 0.675. The average Bonchev–Trinajstić information content (AvgIpc) is 1.80. The van der Waals surface area contributed by atoms with E-state index < -0.39 is 0 Å². The van der Waals surface area contributed by atoms with Gasteiger partial charge in [0.2, 0.25) is 0 Å². The lowest BCUT2D eigenvalue weighted by Crippen LogP contribution is -2.19. The van der Waals surface area contributed by atoms with Crippen molar-refractivity contribution in [2.45, 2.75) is 6.92 Å². The van der Waals surface area contributed by atoms with E-state index in [2.05, 4.69) is 4.98 Å². The number of nitrogens with zero attached hydrogens (tertiary/aromatic N) is 2. The first-order valence-electron chi connectivity index (χ1n) is 2.49. The molecule has 1 rings (SSSR count). The lowest BCUT2D eigenvalue weighted by molar-refractivity contribution is 0.164. The molecule has 0 spiro atoms. The molecule has 0 amide bonds. The Morgan fingerprint density at radius 1 is 1.78 bits per heavy atom. The molecule has 0 saturated heterocycles. The van der Waals surface area contributed by atoms with Crippen LogP contribution >= 0.6 is 0 Å². The lowest BCUT2D eigenvalue weighted by atomic mass is 10.4. The molecular formula is C5H7N3O.